The monoisotopic (exact) mass is 216 g/mol. The molecule has 0 aromatic heterocycles. The summed E-state index contributed by atoms with van der Waals surface area (Å²) in [6, 6.07) is 0. The van der Waals surface area contributed by atoms with E-state index < -0.39 is 11.1 Å². The van der Waals surface area contributed by atoms with Crippen LogP contribution in [0.1, 0.15) is 6.92 Å². The maximum absolute atomic E-state index is 11.2. The Kier molecular flexibility index (Phi) is 2.90. The number of carbonyl (C=O) groups is 2. The number of ketones is 1. The third kappa shape index (κ3) is 1.93. The van der Waals surface area contributed by atoms with Crippen LogP contribution in [0.25, 0.3) is 0 Å². The second-order valence-corrected chi connectivity index (χ2v) is 3.20. The first-order valence-electron chi connectivity index (χ1n) is 3.81. The molecule has 0 fully saturated rings. The Balaban J connectivity index is 2.90. The number of rotatable bonds is 2. The highest BCUT2D eigenvalue weighted by Gasteiger charge is 2.39. The lowest BCUT2D eigenvalue weighted by Crippen LogP contribution is -2.48. The average molecular weight is 217 g/mol. The molecule has 1 heterocycles. The van der Waals surface area contributed by atoms with Crippen molar-refractivity contribution in [2.75, 3.05) is 7.11 Å². The number of aliphatic imine (C=N–C) groups is 1. The summed E-state index contributed by atoms with van der Waals surface area (Å²) in [7, 11) is 1.19. The van der Waals surface area contributed by atoms with E-state index in [2.05, 4.69) is 15.0 Å². The molecule has 1 aliphatic heterocycles. The van der Waals surface area contributed by atoms with Gasteiger partial charge in [-0.1, -0.05) is 11.6 Å². The molecule has 0 saturated heterocycles. The number of methoxy groups -OCH3 is 1. The van der Waals surface area contributed by atoms with Crippen LogP contribution in [0.4, 0.5) is 0 Å². The van der Waals surface area contributed by atoms with Crippen molar-refractivity contribution in [2.24, 2.45) is 4.99 Å². The van der Waals surface area contributed by atoms with Crippen LogP contribution in [-0.2, 0) is 14.3 Å². The summed E-state index contributed by atoms with van der Waals surface area (Å²) in [5.74, 6) is -0.993. The van der Waals surface area contributed by atoms with Crippen molar-refractivity contribution in [3.8, 4) is 0 Å². The van der Waals surface area contributed by atoms with E-state index in [0.717, 1.165) is 0 Å². The minimum absolute atomic E-state index is 0.223. The number of nitrogens with one attached hydrogen (secondary N) is 1. The van der Waals surface area contributed by atoms with Crippen LogP contribution in [0.2, 0.25) is 0 Å². The molecule has 1 rings (SSSR count). The van der Waals surface area contributed by atoms with Crippen molar-refractivity contribution in [3.63, 3.8) is 0 Å². The lowest BCUT2D eigenvalue weighted by Gasteiger charge is -2.24. The van der Waals surface area contributed by atoms with E-state index >= 15 is 0 Å². The van der Waals surface area contributed by atoms with Crippen LogP contribution in [0.3, 0.4) is 0 Å². The third-order valence-electron chi connectivity index (χ3n) is 1.63. The standard InChI is InChI=1S/C8H9ClN2O3/c1-5(12)6-3-4-10-8(9,11-6)7(13)14-2/h3-4,11H,1-2H3. The van der Waals surface area contributed by atoms with E-state index in [-0.39, 0.29) is 11.5 Å². The van der Waals surface area contributed by atoms with Crippen molar-refractivity contribution >= 4 is 29.6 Å². The van der Waals surface area contributed by atoms with E-state index in [1.54, 1.807) is 0 Å². The van der Waals surface area contributed by atoms with Gasteiger partial charge in [0.1, 0.15) is 0 Å². The van der Waals surface area contributed by atoms with Crippen LogP contribution < -0.4 is 5.32 Å². The van der Waals surface area contributed by atoms with E-state index in [9.17, 15) is 9.59 Å². The van der Waals surface area contributed by atoms with Gasteiger partial charge < -0.3 is 10.1 Å². The van der Waals surface area contributed by atoms with Gasteiger partial charge in [0.15, 0.2) is 5.78 Å². The topological polar surface area (TPSA) is 67.8 Å². The summed E-state index contributed by atoms with van der Waals surface area (Å²) < 4.78 is 4.44. The summed E-state index contributed by atoms with van der Waals surface area (Å²) >= 11 is 5.79. The molecule has 0 saturated carbocycles. The molecule has 1 atom stereocenters. The molecule has 0 amide bonds. The largest absolute Gasteiger partial charge is 0.465 e. The summed E-state index contributed by atoms with van der Waals surface area (Å²) in [5, 5.41) is 0.767. The van der Waals surface area contributed by atoms with Crippen LogP contribution >= 0.6 is 11.6 Å². The maximum Gasteiger partial charge on any atom is 0.371 e. The van der Waals surface area contributed by atoms with E-state index in [4.69, 9.17) is 11.6 Å². The summed E-state index contributed by atoms with van der Waals surface area (Å²) in [6.45, 7) is 1.35. The zero-order valence-corrected chi connectivity index (χ0v) is 8.46. The summed E-state index contributed by atoms with van der Waals surface area (Å²) in [5.41, 5.74) is 0.223. The Morgan fingerprint density at radius 3 is 2.79 bits per heavy atom. The Morgan fingerprint density at radius 2 is 2.29 bits per heavy atom. The molecular formula is C8H9ClN2O3. The van der Waals surface area contributed by atoms with Crippen molar-refractivity contribution in [3.05, 3.63) is 11.8 Å². The molecule has 1 aliphatic rings. The Bertz CT molecular complexity index is 337. The molecule has 0 spiro atoms. The Hall–Kier alpha value is -1.36. The number of allylic oxidation sites excluding steroid dienone is 2. The molecule has 5 nitrogen and oxygen atoms in total. The minimum atomic E-state index is -1.72. The van der Waals surface area contributed by atoms with Crippen LogP contribution in [0.15, 0.2) is 16.8 Å². The van der Waals surface area contributed by atoms with E-state index in [0.29, 0.717) is 0 Å². The lowest BCUT2D eigenvalue weighted by molar-refractivity contribution is -0.144. The molecular weight excluding hydrogens is 208 g/mol. The number of hydrogen-bond donors (Lipinski definition) is 1. The summed E-state index contributed by atoms with van der Waals surface area (Å²) in [6.07, 6.45) is 2.73. The fraction of sp³-hybridized carbons (Fsp3) is 0.375. The molecule has 0 aliphatic carbocycles. The number of halogens is 1. The van der Waals surface area contributed by atoms with Gasteiger partial charge in [-0.25, -0.2) is 9.79 Å². The van der Waals surface area contributed by atoms with Gasteiger partial charge in [-0.15, -0.1) is 0 Å². The van der Waals surface area contributed by atoms with Gasteiger partial charge in [0.2, 0.25) is 0 Å². The van der Waals surface area contributed by atoms with E-state index in [1.165, 1.54) is 26.3 Å². The number of alkyl halides is 1. The maximum atomic E-state index is 11.2. The minimum Gasteiger partial charge on any atom is -0.465 e. The number of hydrogen-bond acceptors (Lipinski definition) is 5. The second-order valence-electron chi connectivity index (χ2n) is 2.65. The highest BCUT2D eigenvalue weighted by molar-refractivity contribution is 6.34. The molecule has 1 unspecified atom stereocenters. The highest BCUT2D eigenvalue weighted by Crippen LogP contribution is 2.19. The molecule has 0 aromatic carbocycles. The SMILES string of the molecule is COC(=O)C1(Cl)N=CC=C(C(C)=O)N1. The Morgan fingerprint density at radius 1 is 1.64 bits per heavy atom. The molecule has 1 N–H and O–H groups in total. The van der Waals surface area contributed by atoms with Gasteiger partial charge in [-0.05, 0) is 6.08 Å². The highest BCUT2D eigenvalue weighted by atomic mass is 35.5. The average Bonchev–Trinajstić information content (AvgIpc) is 2.16. The molecule has 76 valence electrons. The smallest absolute Gasteiger partial charge is 0.371 e. The zero-order chi connectivity index (χ0) is 10.8. The van der Waals surface area contributed by atoms with Gasteiger partial charge in [-0.3, -0.25) is 4.79 Å². The van der Waals surface area contributed by atoms with Gasteiger partial charge in [-0.2, -0.15) is 0 Å². The molecule has 14 heavy (non-hydrogen) atoms. The predicted molar refractivity (Wildman–Crippen MR) is 51.0 cm³/mol. The molecule has 6 heteroatoms. The van der Waals surface area contributed by atoms with Crippen molar-refractivity contribution < 1.29 is 14.3 Å². The zero-order valence-electron chi connectivity index (χ0n) is 7.70. The van der Waals surface area contributed by atoms with E-state index in [1.807, 2.05) is 0 Å². The van der Waals surface area contributed by atoms with Crippen molar-refractivity contribution in [1.29, 1.82) is 0 Å². The van der Waals surface area contributed by atoms with Crippen LogP contribution in [0, 0.1) is 0 Å². The predicted octanol–water partition coefficient (Wildman–Crippen LogP) is 0.199. The number of esters is 1. The lowest BCUT2D eigenvalue weighted by atomic mass is 10.2. The first-order chi connectivity index (χ1) is 6.49. The number of carbonyl (C=O) groups excluding carboxylic acids is 2. The van der Waals surface area contributed by atoms with Gasteiger partial charge >= 0.3 is 11.1 Å². The number of Topliss-reactive ketones (excluding diaryl/α,β-unsaturated/α-hetero) is 1. The van der Waals surface area contributed by atoms with Crippen molar-refractivity contribution in [1.82, 2.24) is 5.32 Å². The van der Waals surface area contributed by atoms with Crippen LogP contribution in [-0.4, -0.2) is 30.2 Å². The molecule has 0 aromatic rings. The van der Waals surface area contributed by atoms with Gasteiger partial charge in [0.05, 0.1) is 12.8 Å². The second kappa shape index (κ2) is 3.79. The third-order valence-corrected chi connectivity index (χ3v) is 1.98. The molecule has 0 radical (unpaired) electrons. The number of nitrogens with zero attached hydrogens (tertiary/aromatic N) is 1. The van der Waals surface area contributed by atoms with Gasteiger partial charge in [0.25, 0.3) is 0 Å². The number of ether oxygens (including phenoxy) is 1. The summed E-state index contributed by atoms with van der Waals surface area (Å²) in [4.78, 5) is 25.9. The first kappa shape index (κ1) is 10.7. The van der Waals surface area contributed by atoms with Gasteiger partial charge in [0, 0.05) is 13.1 Å². The molecule has 0 bridgehead atoms. The quantitative estimate of drug-likeness (QED) is 0.407. The fourth-order valence-electron chi connectivity index (χ4n) is 0.911. The normalized spacial score (nSPS) is 24.9. The van der Waals surface area contributed by atoms with Crippen molar-refractivity contribution in [2.45, 2.75) is 12.0 Å². The first-order valence-corrected chi connectivity index (χ1v) is 4.19. The van der Waals surface area contributed by atoms with Crippen LogP contribution in [0.5, 0.6) is 0 Å². The fourth-order valence-corrected chi connectivity index (χ4v) is 1.15. The Labute approximate surface area is 85.8 Å².